The van der Waals surface area contributed by atoms with E-state index in [0.717, 1.165) is 11.3 Å². The van der Waals surface area contributed by atoms with Gasteiger partial charge in [0.05, 0.1) is 11.7 Å². The number of hydrogen-bond acceptors (Lipinski definition) is 3. The Hall–Kier alpha value is -2.92. The second kappa shape index (κ2) is 8.62. The number of nitrogens with one attached hydrogen (secondary N) is 1. The first kappa shape index (κ1) is 20.8. The van der Waals surface area contributed by atoms with Crippen molar-refractivity contribution in [2.45, 2.75) is 26.8 Å². The molecule has 0 aliphatic heterocycles. The molecular formula is C24H30N4O. The summed E-state index contributed by atoms with van der Waals surface area (Å²) in [6, 6.07) is 16.7. The van der Waals surface area contributed by atoms with E-state index in [9.17, 15) is 4.79 Å². The van der Waals surface area contributed by atoms with Crippen molar-refractivity contribution in [3.63, 3.8) is 0 Å². The van der Waals surface area contributed by atoms with E-state index in [2.05, 4.69) is 78.6 Å². The molecule has 1 heterocycles. The van der Waals surface area contributed by atoms with Crippen molar-refractivity contribution in [1.82, 2.24) is 20.0 Å². The number of rotatable bonds is 6. The fourth-order valence-corrected chi connectivity index (χ4v) is 3.42. The monoisotopic (exact) mass is 390 g/mol. The SMILES string of the molecule is Cc1ccc(C(CNC(=O)c2cc(-c3ccc(C)c(C)c3)n(C)n2)N(C)C)cc1. The molecule has 5 nitrogen and oxygen atoms in total. The smallest absolute Gasteiger partial charge is 0.271 e. The lowest BCUT2D eigenvalue weighted by atomic mass is 10.0. The third-order valence-corrected chi connectivity index (χ3v) is 5.46. The van der Waals surface area contributed by atoms with Gasteiger partial charge in [0.15, 0.2) is 5.69 Å². The first-order chi connectivity index (χ1) is 13.8. The maximum absolute atomic E-state index is 12.8. The van der Waals surface area contributed by atoms with Crippen LogP contribution in [-0.2, 0) is 7.05 Å². The van der Waals surface area contributed by atoms with E-state index in [1.165, 1.54) is 22.3 Å². The molecule has 2 aromatic carbocycles. The zero-order valence-electron chi connectivity index (χ0n) is 18.2. The lowest BCUT2D eigenvalue weighted by Crippen LogP contribution is -2.34. The number of nitrogens with zero attached hydrogens (tertiary/aromatic N) is 3. The second-order valence-corrected chi connectivity index (χ2v) is 7.94. The van der Waals surface area contributed by atoms with Gasteiger partial charge in [-0.25, -0.2) is 0 Å². The molecule has 5 heteroatoms. The van der Waals surface area contributed by atoms with Gasteiger partial charge in [0, 0.05) is 19.2 Å². The van der Waals surface area contributed by atoms with E-state index >= 15 is 0 Å². The summed E-state index contributed by atoms with van der Waals surface area (Å²) in [6.07, 6.45) is 0. The molecule has 0 aliphatic rings. The number of aromatic nitrogens is 2. The Bertz CT molecular complexity index is 1000. The van der Waals surface area contributed by atoms with E-state index < -0.39 is 0 Å². The van der Waals surface area contributed by atoms with E-state index in [1.54, 1.807) is 4.68 Å². The topological polar surface area (TPSA) is 50.2 Å². The average molecular weight is 391 g/mol. The minimum absolute atomic E-state index is 0.0995. The van der Waals surface area contributed by atoms with Crippen LogP contribution in [0.3, 0.4) is 0 Å². The maximum atomic E-state index is 12.8. The van der Waals surface area contributed by atoms with Crippen LogP contribution in [0.5, 0.6) is 0 Å². The molecule has 1 atom stereocenters. The molecule has 3 aromatic rings. The van der Waals surface area contributed by atoms with Gasteiger partial charge in [-0.1, -0.05) is 42.0 Å². The van der Waals surface area contributed by atoms with Crippen LogP contribution < -0.4 is 5.32 Å². The molecule has 1 amide bonds. The molecule has 0 fully saturated rings. The third-order valence-electron chi connectivity index (χ3n) is 5.46. The quantitative estimate of drug-likeness (QED) is 0.691. The standard InChI is InChI=1S/C24H30N4O/c1-16-7-10-19(11-8-16)23(27(4)5)15-25-24(29)21-14-22(28(6)26-21)20-12-9-17(2)18(3)13-20/h7-14,23H,15H2,1-6H3,(H,25,29). The highest BCUT2D eigenvalue weighted by molar-refractivity contribution is 5.93. The molecule has 0 radical (unpaired) electrons. The lowest BCUT2D eigenvalue weighted by Gasteiger charge is -2.25. The molecule has 1 aromatic heterocycles. The largest absolute Gasteiger partial charge is 0.349 e. The van der Waals surface area contributed by atoms with Gasteiger partial charge < -0.3 is 10.2 Å². The van der Waals surface area contributed by atoms with E-state index in [0.29, 0.717) is 12.2 Å². The Morgan fingerprint density at radius 3 is 2.34 bits per heavy atom. The molecular weight excluding hydrogens is 360 g/mol. The van der Waals surface area contributed by atoms with Crippen LogP contribution in [0.2, 0.25) is 0 Å². The summed E-state index contributed by atoms with van der Waals surface area (Å²) >= 11 is 0. The summed E-state index contributed by atoms with van der Waals surface area (Å²) in [5.41, 5.74) is 7.30. The van der Waals surface area contributed by atoms with Gasteiger partial charge in [-0.2, -0.15) is 5.10 Å². The van der Waals surface area contributed by atoms with Crippen LogP contribution >= 0.6 is 0 Å². The number of carbonyl (C=O) groups is 1. The first-order valence-corrected chi connectivity index (χ1v) is 9.89. The van der Waals surface area contributed by atoms with Gasteiger partial charge in [0.2, 0.25) is 0 Å². The third kappa shape index (κ3) is 4.74. The molecule has 29 heavy (non-hydrogen) atoms. The van der Waals surface area contributed by atoms with Crippen LogP contribution in [0.25, 0.3) is 11.3 Å². The summed E-state index contributed by atoms with van der Waals surface area (Å²) in [4.78, 5) is 14.9. The van der Waals surface area contributed by atoms with Crippen molar-refractivity contribution < 1.29 is 4.79 Å². The number of aryl methyl sites for hydroxylation is 4. The Labute approximate surface area is 173 Å². The van der Waals surface area contributed by atoms with Crippen molar-refractivity contribution in [1.29, 1.82) is 0 Å². The van der Waals surface area contributed by atoms with Gasteiger partial charge >= 0.3 is 0 Å². The van der Waals surface area contributed by atoms with Crippen molar-refractivity contribution >= 4 is 5.91 Å². The Kier molecular flexibility index (Phi) is 6.18. The molecule has 0 bridgehead atoms. The molecule has 1 N–H and O–H groups in total. The first-order valence-electron chi connectivity index (χ1n) is 9.89. The average Bonchev–Trinajstić information content (AvgIpc) is 3.07. The van der Waals surface area contributed by atoms with E-state index in [1.807, 2.05) is 27.2 Å². The van der Waals surface area contributed by atoms with Crippen molar-refractivity contribution in [3.8, 4) is 11.3 Å². The molecule has 0 spiro atoms. The minimum atomic E-state index is -0.158. The van der Waals surface area contributed by atoms with Crippen molar-refractivity contribution in [2.24, 2.45) is 7.05 Å². The summed E-state index contributed by atoms with van der Waals surface area (Å²) < 4.78 is 1.77. The van der Waals surface area contributed by atoms with Crippen LogP contribution in [0.4, 0.5) is 0 Å². The molecule has 152 valence electrons. The summed E-state index contributed by atoms with van der Waals surface area (Å²) in [7, 11) is 5.92. The normalized spacial score (nSPS) is 12.2. The summed E-state index contributed by atoms with van der Waals surface area (Å²) in [5, 5.41) is 7.49. The minimum Gasteiger partial charge on any atom is -0.349 e. The number of carbonyl (C=O) groups excluding carboxylic acids is 1. The molecule has 0 saturated heterocycles. The number of benzene rings is 2. The zero-order valence-corrected chi connectivity index (χ0v) is 18.2. The summed E-state index contributed by atoms with van der Waals surface area (Å²) in [5.74, 6) is -0.158. The lowest BCUT2D eigenvalue weighted by molar-refractivity contribution is 0.0936. The fourth-order valence-electron chi connectivity index (χ4n) is 3.42. The van der Waals surface area contributed by atoms with Gasteiger partial charge in [0.1, 0.15) is 0 Å². The zero-order chi connectivity index (χ0) is 21.1. The summed E-state index contributed by atoms with van der Waals surface area (Å²) in [6.45, 7) is 6.78. The van der Waals surface area contributed by atoms with Gasteiger partial charge in [0.25, 0.3) is 5.91 Å². The fraction of sp³-hybridized carbons (Fsp3) is 0.333. The Morgan fingerprint density at radius 2 is 1.72 bits per heavy atom. The van der Waals surface area contributed by atoms with Gasteiger partial charge in [-0.15, -0.1) is 0 Å². The molecule has 0 saturated carbocycles. The molecule has 1 unspecified atom stereocenters. The van der Waals surface area contributed by atoms with Gasteiger partial charge in [-0.3, -0.25) is 9.48 Å². The van der Waals surface area contributed by atoms with E-state index in [-0.39, 0.29) is 11.9 Å². The Balaban J connectivity index is 1.75. The highest BCUT2D eigenvalue weighted by Crippen LogP contribution is 2.23. The predicted molar refractivity (Wildman–Crippen MR) is 118 cm³/mol. The van der Waals surface area contributed by atoms with Crippen LogP contribution in [0.1, 0.15) is 38.8 Å². The van der Waals surface area contributed by atoms with Crippen LogP contribution in [0, 0.1) is 20.8 Å². The molecule has 0 aliphatic carbocycles. The predicted octanol–water partition coefficient (Wildman–Crippen LogP) is 4.05. The van der Waals surface area contributed by atoms with Crippen molar-refractivity contribution in [2.75, 3.05) is 20.6 Å². The highest BCUT2D eigenvalue weighted by atomic mass is 16.1. The van der Waals surface area contributed by atoms with E-state index in [4.69, 9.17) is 0 Å². The Morgan fingerprint density at radius 1 is 1.03 bits per heavy atom. The highest BCUT2D eigenvalue weighted by Gasteiger charge is 2.18. The molecule has 3 rings (SSSR count). The van der Waals surface area contributed by atoms with Gasteiger partial charge in [-0.05, 0) is 63.7 Å². The number of hydrogen-bond donors (Lipinski definition) is 1. The number of amides is 1. The number of likely N-dealkylation sites (N-methyl/N-ethyl adjacent to an activating group) is 1. The van der Waals surface area contributed by atoms with Crippen LogP contribution in [-0.4, -0.2) is 41.2 Å². The maximum Gasteiger partial charge on any atom is 0.271 e. The van der Waals surface area contributed by atoms with Crippen molar-refractivity contribution in [3.05, 3.63) is 76.5 Å². The second-order valence-electron chi connectivity index (χ2n) is 7.94. The van der Waals surface area contributed by atoms with Crippen LogP contribution in [0.15, 0.2) is 48.5 Å².